The Hall–Kier alpha value is -2.95. The van der Waals surface area contributed by atoms with Crippen LogP contribution >= 0.6 is 0 Å². The van der Waals surface area contributed by atoms with Crippen LogP contribution in [0.5, 0.6) is 5.75 Å². The highest BCUT2D eigenvalue weighted by atomic mass is 16.5. The topological polar surface area (TPSA) is 65.1 Å². The SMILES string of the molecule is Cc1c(C)c2c(c(C)c1N)C[C@](C)(Cn1ccc(-c3cccc4c3NCC4)n1)O2. The molecule has 5 rings (SSSR count). The van der Waals surface area contributed by atoms with Gasteiger partial charge >= 0.3 is 0 Å². The molecule has 2 aliphatic heterocycles. The largest absolute Gasteiger partial charge is 0.485 e. The third-order valence-corrected chi connectivity index (χ3v) is 6.60. The molecule has 0 saturated carbocycles. The van der Waals surface area contributed by atoms with Crippen LogP contribution in [0.4, 0.5) is 11.4 Å². The van der Waals surface area contributed by atoms with Gasteiger partial charge in [-0.3, -0.25) is 4.68 Å². The third kappa shape index (κ3) is 2.79. The van der Waals surface area contributed by atoms with Crippen molar-refractivity contribution >= 4 is 11.4 Å². The van der Waals surface area contributed by atoms with E-state index >= 15 is 0 Å². The second-order valence-electron chi connectivity index (χ2n) is 8.74. The van der Waals surface area contributed by atoms with Crippen LogP contribution in [0.1, 0.15) is 34.7 Å². The van der Waals surface area contributed by atoms with Gasteiger partial charge in [0.2, 0.25) is 0 Å². The maximum absolute atomic E-state index is 6.51. The van der Waals surface area contributed by atoms with E-state index in [4.69, 9.17) is 15.6 Å². The lowest BCUT2D eigenvalue weighted by atomic mass is 9.92. The van der Waals surface area contributed by atoms with Gasteiger partial charge in [0.05, 0.1) is 12.2 Å². The van der Waals surface area contributed by atoms with E-state index in [2.05, 4.69) is 63.5 Å². The van der Waals surface area contributed by atoms with Gasteiger partial charge in [-0.05, 0) is 62.4 Å². The van der Waals surface area contributed by atoms with Gasteiger partial charge in [-0.25, -0.2) is 0 Å². The number of fused-ring (bicyclic) bond motifs is 2. The van der Waals surface area contributed by atoms with Crippen LogP contribution in [-0.2, 0) is 19.4 Å². The Bertz CT molecular complexity index is 1090. The number of hydrogen-bond acceptors (Lipinski definition) is 4. The summed E-state index contributed by atoms with van der Waals surface area (Å²) >= 11 is 0. The van der Waals surface area contributed by atoms with Gasteiger partial charge < -0.3 is 15.8 Å². The van der Waals surface area contributed by atoms with E-state index in [1.54, 1.807) is 0 Å². The lowest BCUT2D eigenvalue weighted by molar-refractivity contribution is 0.0901. The monoisotopic (exact) mass is 388 g/mol. The zero-order valence-electron chi connectivity index (χ0n) is 17.6. The first kappa shape index (κ1) is 18.1. The van der Waals surface area contributed by atoms with Gasteiger partial charge in [-0.2, -0.15) is 5.10 Å². The van der Waals surface area contributed by atoms with Crippen molar-refractivity contribution in [1.82, 2.24) is 9.78 Å². The minimum Gasteiger partial charge on any atom is -0.485 e. The molecule has 3 aromatic rings. The number of benzene rings is 2. The standard InChI is InChI=1S/C24H28N4O/c1-14-15(2)23-19(16(3)21(14)25)12-24(4,29-23)13-28-11-9-20(27-28)18-7-5-6-17-8-10-26-22(17)18/h5-7,9,11,26H,8,10,12-13,25H2,1-4H3/t24-/m1/s1. The highest BCUT2D eigenvalue weighted by molar-refractivity contribution is 5.79. The molecule has 3 heterocycles. The van der Waals surface area contributed by atoms with E-state index in [9.17, 15) is 0 Å². The number of nitrogen functional groups attached to an aromatic ring is 1. The molecule has 3 N–H and O–H groups in total. The maximum atomic E-state index is 6.51. The highest BCUT2D eigenvalue weighted by Gasteiger charge is 2.38. The van der Waals surface area contributed by atoms with E-state index in [1.807, 2.05) is 4.68 Å². The number of aromatic nitrogens is 2. The average Bonchev–Trinajstić information content (AvgIpc) is 3.43. The summed E-state index contributed by atoms with van der Waals surface area (Å²) in [6, 6.07) is 8.56. The minimum atomic E-state index is -0.335. The van der Waals surface area contributed by atoms with Crippen molar-refractivity contribution in [3.05, 3.63) is 58.3 Å². The normalized spacial score (nSPS) is 19.6. The molecule has 5 nitrogen and oxygen atoms in total. The Balaban J connectivity index is 1.43. The summed E-state index contributed by atoms with van der Waals surface area (Å²) in [5, 5.41) is 8.39. The Morgan fingerprint density at radius 1 is 1.17 bits per heavy atom. The van der Waals surface area contributed by atoms with Crippen molar-refractivity contribution in [1.29, 1.82) is 0 Å². The smallest absolute Gasteiger partial charge is 0.130 e. The molecule has 0 bridgehead atoms. The Morgan fingerprint density at radius 3 is 2.83 bits per heavy atom. The molecule has 29 heavy (non-hydrogen) atoms. The molecule has 0 fully saturated rings. The van der Waals surface area contributed by atoms with Gasteiger partial charge in [0.1, 0.15) is 11.4 Å². The third-order valence-electron chi connectivity index (χ3n) is 6.60. The minimum absolute atomic E-state index is 0.335. The molecule has 2 aliphatic rings. The number of nitrogens with one attached hydrogen (secondary N) is 1. The van der Waals surface area contributed by atoms with Crippen molar-refractivity contribution in [2.75, 3.05) is 17.6 Å². The van der Waals surface area contributed by atoms with E-state index in [-0.39, 0.29) is 5.60 Å². The number of rotatable bonds is 3. The van der Waals surface area contributed by atoms with Gasteiger partial charge in [0.15, 0.2) is 0 Å². The van der Waals surface area contributed by atoms with Crippen molar-refractivity contribution in [2.24, 2.45) is 0 Å². The predicted octanol–water partition coefficient (Wildman–Crippen LogP) is 4.42. The first-order valence-corrected chi connectivity index (χ1v) is 10.3. The van der Waals surface area contributed by atoms with Crippen LogP contribution in [0.2, 0.25) is 0 Å². The number of anilines is 2. The summed E-state index contributed by atoms with van der Waals surface area (Å²) in [6.07, 6.45) is 3.98. The molecule has 0 unspecified atom stereocenters. The molecule has 5 heteroatoms. The van der Waals surface area contributed by atoms with E-state index in [1.165, 1.54) is 22.4 Å². The Labute approximate surface area is 171 Å². The molecule has 1 atom stereocenters. The summed E-state index contributed by atoms with van der Waals surface area (Å²) in [4.78, 5) is 0. The Morgan fingerprint density at radius 2 is 2.00 bits per heavy atom. The second-order valence-corrected chi connectivity index (χ2v) is 8.74. The van der Waals surface area contributed by atoms with Crippen molar-refractivity contribution in [3.63, 3.8) is 0 Å². The Kier molecular flexibility index (Phi) is 3.92. The zero-order chi connectivity index (χ0) is 20.3. The van der Waals surface area contributed by atoms with Gasteiger partial charge in [-0.1, -0.05) is 18.2 Å². The number of nitrogens with zero attached hydrogens (tertiary/aromatic N) is 2. The summed E-state index contributed by atoms with van der Waals surface area (Å²) in [5.74, 6) is 1.01. The molecule has 0 amide bonds. The van der Waals surface area contributed by atoms with Crippen LogP contribution in [0.25, 0.3) is 11.3 Å². The molecule has 150 valence electrons. The van der Waals surface area contributed by atoms with Crippen molar-refractivity contribution < 1.29 is 4.74 Å². The van der Waals surface area contributed by atoms with Crippen LogP contribution in [0.15, 0.2) is 30.5 Å². The molecule has 2 aromatic carbocycles. The van der Waals surface area contributed by atoms with E-state index < -0.39 is 0 Å². The van der Waals surface area contributed by atoms with Crippen LogP contribution in [-0.4, -0.2) is 21.9 Å². The van der Waals surface area contributed by atoms with E-state index in [0.717, 1.165) is 53.2 Å². The van der Waals surface area contributed by atoms with E-state index in [0.29, 0.717) is 6.54 Å². The van der Waals surface area contributed by atoms with Gasteiger partial charge in [0, 0.05) is 41.7 Å². The molecule has 1 aromatic heterocycles. The van der Waals surface area contributed by atoms with Gasteiger partial charge in [-0.15, -0.1) is 0 Å². The van der Waals surface area contributed by atoms with Crippen LogP contribution < -0.4 is 15.8 Å². The van der Waals surface area contributed by atoms with Crippen molar-refractivity contribution in [3.8, 4) is 17.0 Å². The molecule has 0 spiro atoms. The van der Waals surface area contributed by atoms with Crippen molar-refractivity contribution in [2.45, 2.75) is 52.7 Å². The lowest BCUT2D eigenvalue weighted by Gasteiger charge is -2.24. The second kappa shape index (κ2) is 6.28. The number of para-hydroxylation sites is 1. The molecule has 0 saturated heterocycles. The number of nitrogens with two attached hydrogens (primary N) is 1. The fourth-order valence-electron chi connectivity index (χ4n) is 4.80. The summed E-state index contributed by atoms with van der Waals surface area (Å²) in [6.45, 7) is 10.1. The maximum Gasteiger partial charge on any atom is 0.130 e. The lowest BCUT2D eigenvalue weighted by Crippen LogP contribution is -2.36. The first-order chi connectivity index (χ1) is 13.9. The fourth-order valence-corrected chi connectivity index (χ4v) is 4.80. The summed E-state index contributed by atoms with van der Waals surface area (Å²) in [5.41, 5.74) is 16.3. The number of ether oxygens (including phenoxy) is 1. The quantitative estimate of drug-likeness (QED) is 0.652. The molecule has 0 aliphatic carbocycles. The van der Waals surface area contributed by atoms with Crippen LogP contribution in [0, 0.1) is 20.8 Å². The van der Waals surface area contributed by atoms with Crippen LogP contribution in [0.3, 0.4) is 0 Å². The first-order valence-electron chi connectivity index (χ1n) is 10.3. The number of hydrogen-bond donors (Lipinski definition) is 2. The summed E-state index contributed by atoms with van der Waals surface area (Å²) in [7, 11) is 0. The molecule has 0 radical (unpaired) electrons. The fraction of sp³-hybridized carbons (Fsp3) is 0.375. The van der Waals surface area contributed by atoms with Gasteiger partial charge in [0.25, 0.3) is 0 Å². The molecular weight excluding hydrogens is 360 g/mol. The average molecular weight is 389 g/mol. The highest BCUT2D eigenvalue weighted by Crippen LogP contribution is 2.44. The zero-order valence-corrected chi connectivity index (χ0v) is 17.6. The molecular formula is C24H28N4O. The predicted molar refractivity (Wildman–Crippen MR) is 118 cm³/mol. The summed E-state index contributed by atoms with van der Waals surface area (Å²) < 4.78 is 8.52.